The maximum Gasteiger partial charge on any atom is 0.363 e. The van der Waals surface area contributed by atoms with Crippen molar-refractivity contribution in [2.75, 3.05) is 6.61 Å². The lowest BCUT2D eigenvalue weighted by Gasteiger charge is -2.14. The standard InChI is InChI=1S/C25H18BrClFNO4/c1-2-31-22-12-16(10-20(27)23(22)32-14-15-6-8-19(28)9-7-15)11-21-25(30)33-24(29-21)17-4-3-5-18(26)13-17/h3-13H,2,14H2,1H3/b21-11-. The summed E-state index contributed by atoms with van der Waals surface area (Å²) in [4.78, 5) is 16.7. The summed E-state index contributed by atoms with van der Waals surface area (Å²) in [5, 5.41) is 0.303. The van der Waals surface area contributed by atoms with Gasteiger partial charge in [0.15, 0.2) is 17.2 Å². The summed E-state index contributed by atoms with van der Waals surface area (Å²) >= 11 is 9.87. The SMILES string of the molecule is CCOc1cc(/C=C2\N=C(c3cccc(Br)c3)OC2=O)cc(Cl)c1OCc1ccc(F)cc1. The lowest BCUT2D eigenvalue weighted by atomic mass is 10.1. The molecule has 0 saturated carbocycles. The Balaban J connectivity index is 1.61. The molecule has 1 aliphatic heterocycles. The van der Waals surface area contributed by atoms with E-state index in [0.29, 0.717) is 34.3 Å². The maximum absolute atomic E-state index is 13.1. The molecule has 5 nitrogen and oxygen atoms in total. The molecule has 0 atom stereocenters. The smallest absolute Gasteiger partial charge is 0.363 e. The Hall–Kier alpha value is -3.16. The van der Waals surface area contributed by atoms with E-state index in [9.17, 15) is 9.18 Å². The van der Waals surface area contributed by atoms with Crippen molar-refractivity contribution in [3.05, 3.63) is 98.4 Å². The van der Waals surface area contributed by atoms with Crippen LogP contribution in [0.15, 0.2) is 75.8 Å². The Bertz CT molecular complexity index is 1260. The fourth-order valence-electron chi connectivity index (χ4n) is 3.12. The highest BCUT2D eigenvalue weighted by molar-refractivity contribution is 9.10. The number of ether oxygens (including phenoxy) is 3. The molecule has 8 heteroatoms. The highest BCUT2D eigenvalue weighted by Crippen LogP contribution is 2.38. The van der Waals surface area contributed by atoms with Gasteiger partial charge in [-0.05, 0) is 66.6 Å². The average Bonchev–Trinajstić information content (AvgIpc) is 3.15. The molecule has 0 saturated heterocycles. The minimum atomic E-state index is -0.560. The van der Waals surface area contributed by atoms with Crippen LogP contribution in [0, 0.1) is 5.82 Å². The number of nitrogens with zero attached hydrogens (tertiary/aromatic N) is 1. The molecule has 0 amide bonds. The first-order chi connectivity index (χ1) is 15.9. The second-order valence-electron chi connectivity index (χ2n) is 7.02. The predicted molar refractivity (Wildman–Crippen MR) is 128 cm³/mol. The van der Waals surface area contributed by atoms with Crippen LogP contribution in [-0.2, 0) is 16.1 Å². The zero-order chi connectivity index (χ0) is 23.4. The van der Waals surface area contributed by atoms with Crippen LogP contribution in [0.3, 0.4) is 0 Å². The maximum atomic E-state index is 13.1. The topological polar surface area (TPSA) is 57.1 Å². The van der Waals surface area contributed by atoms with Crippen LogP contribution in [0.2, 0.25) is 5.02 Å². The predicted octanol–water partition coefficient (Wildman–Crippen LogP) is 6.56. The van der Waals surface area contributed by atoms with E-state index in [0.717, 1.165) is 10.0 Å². The van der Waals surface area contributed by atoms with E-state index in [-0.39, 0.29) is 24.0 Å². The average molecular weight is 531 g/mol. The van der Waals surface area contributed by atoms with Crippen molar-refractivity contribution in [2.24, 2.45) is 4.99 Å². The largest absolute Gasteiger partial charge is 0.490 e. The number of hydrogen-bond acceptors (Lipinski definition) is 5. The molecule has 0 unspecified atom stereocenters. The normalized spacial score (nSPS) is 14.2. The van der Waals surface area contributed by atoms with E-state index in [1.54, 1.807) is 36.4 Å². The third kappa shape index (κ3) is 5.61. The molecule has 3 aromatic rings. The highest BCUT2D eigenvalue weighted by atomic mass is 79.9. The van der Waals surface area contributed by atoms with Crippen LogP contribution in [0.5, 0.6) is 11.5 Å². The highest BCUT2D eigenvalue weighted by Gasteiger charge is 2.24. The first-order valence-corrected chi connectivity index (χ1v) is 11.2. The Labute approximate surface area is 203 Å². The molecule has 1 heterocycles. The minimum absolute atomic E-state index is 0.142. The molecular weight excluding hydrogens is 513 g/mol. The molecule has 0 bridgehead atoms. The molecule has 168 valence electrons. The van der Waals surface area contributed by atoms with E-state index in [2.05, 4.69) is 20.9 Å². The van der Waals surface area contributed by atoms with Crippen molar-refractivity contribution in [2.45, 2.75) is 13.5 Å². The Kier molecular flexibility index (Phi) is 7.11. The number of rotatable bonds is 7. The molecule has 0 fully saturated rings. The van der Waals surface area contributed by atoms with Crippen molar-refractivity contribution < 1.29 is 23.4 Å². The van der Waals surface area contributed by atoms with E-state index in [1.807, 2.05) is 25.1 Å². The molecule has 3 aromatic carbocycles. The van der Waals surface area contributed by atoms with Gasteiger partial charge in [0.2, 0.25) is 5.90 Å². The van der Waals surface area contributed by atoms with Gasteiger partial charge >= 0.3 is 5.97 Å². The Morgan fingerprint density at radius 3 is 2.64 bits per heavy atom. The Morgan fingerprint density at radius 1 is 1.12 bits per heavy atom. The third-order valence-electron chi connectivity index (χ3n) is 4.62. The number of esters is 1. The number of carbonyl (C=O) groups excluding carboxylic acids is 1. The van der Waals surface area contributed by atoms with E-state index >= 15 is 0 Å². The fourth-order valence-corrected chi connectivity index (χ4v) is 3.80. The van der Waals surface area contributed by atoms with Gasteiger partial charge in [-0.1, -0.05) is 45.7 Å². The van der Waals surface area contributed by atoms with Gasteiger partial charge in [-0.15, -0.1) is 0 Å². The summed E-state index contributed by atoms with van der Waals surface area (Å²) in [5.41, 5.74) is 2.20. The number of halogens is 3. The van der Waals surface area contributed by atoms with Crippen LogP contribution in [-0.4, -0.2) is 18.5 Å². The van der Waals surface area contributed by atoms with Crippen LogP contribution >= 0.6 is 27.5 Å². The van der Waals surface area contributed by atoms with Crippen LogP contribution in [0.25, 0.3) is 6.08 Å². The van der Waals surface area contributed by atoms with Gasteiger partial charge in [0.1, 0.15) is 12.4 Å². The molecular formula is C25H18BrClFNO4. The lowest BCUT2D eigenvalue weighted by molar-refractivity contribution is -0.129. The van der Waals surface area contributed by atoms with Gasteiger partial charge in [0.05, 0.1) is 11.6 Å². The quantitative estimate of drug-likeness (QED) is 0.256. The molecule has 33 heavy (non-hydrogen) atoms. The minimum Gasteiger partial charge on any atom is -0.490 e. The second kappa shape index (κ2) is 10.2. The zero-order valence-electron chi connectivity index (χ0n) is 17.5. The Morgan fingerprint density at radius 2 is 1.91 bits per heavy atom. The van der Waals surface area contributed by atoms with Gasteiger partial charge in [-0.3, -0.25) is 0 Å². The van der Waals surface area contributed by atoms with Gasteiger partial charge in [0.25, 0.3) is 0 Å². The summed E-state index contributed by atoms with van der Waals surface area (Å²) in [6.07, 6.45) is 1.57. The van der Waals surface area contributed by atoms with E-state index < -0.39 is 5.97 Å². The monoisotopic (exact) mass is 529 g/mol. The molecule has 1 aliphatic rings. The van der Waals surface area contributed by atoms with Gasteiger partial charge in [-0.2, -0.15) is 0 Å². The first kappa shape index (κ1) is 23.0. The lowest BCUT2D eigenvalue weighted by Crippen LogP contribution is -2.05. The van der Waals surface area contributed by atoms with Crippen molar-refractivity contribution in [1.82, 2.24) is 0 Å². The van der Waals surface area contributed by atoms with Gasteiger partial charge in [0, 0.05) is 10.0 Å². The van der Waals surface area contributed by atoms with Gasteiger partial charge in [-0.25, -0.2) is 14.2 Å². The zero-order valence-corrected chi connectivity index (χ0v) is 19.8. The van der Waals surface area contributed by atoms with Crippen molar-refractivity contribution in [3.63, 3.8) is 0 Å². The fraction of sp³-hybridized carbons (Fsp3) is 0.120. The number of aliphatic imine (C=N–C) groups is 1. The number of cyclic esters (lactones) is 1. The molecule has 0 spiro atoms. The van der Waals surface area contributed by atoms with Crippen molar-refractivity contribution in [1.29, 1.82) is 0 Å². The van der Waals surface area contributed by atoms with Crippen molar-refractivity contribution in [3.8, 4) is 11.5 Å². The van der Waals surface area contributed by atoms with E-state index in [1.165, 1.54) is 12.1 Å². The number of carbonyl (C=O) groups is 1. The summed E-state index contributed by atoms with van der Waals surface area (Å²) in [6, 6.07) is 16.7. The molecule has 0 aromatic heterocycles. The first-order valence-electron chi connectivity index (χ1n) is 10.0. The summed E-state index contributed by atoms with van der Waals surface area (Å²) in [7, 11) is 0. The van der Waals surface area contributed by atoms with Crippen LogP contribution in [0.1, 0.15) is 23.6 Å². The molecule has 0 N–H and O–H groups in total. The van der Waals surface area contributed by atoms with Crippen LogP contribution < -0.4 is 9.47 Å². The summed E-state index contributed by atoms with van der Waals surface area (Å²) in [6.45, 7) is 2.41. The number of hydrogen-bond donors (Lipinski definition) is 0. The number of benzene rings is 3. The third-order valence-corrected chi connectivity index (χ3v) is 5.40. The molecule has 4 rings (SSSR count). The summed E-state index contributed by atoms with van der Waals surface area (Å²) in [5.74, 6) is 0.123. The summed E-state index contributed by atoms with van der Waals surface area (Å²) < 4.78 is 30.9. The van der Waals surface area contributed by atoms with E-state index in [4.69, 9.17) is 25.8 Å². The van der Waals surface area contributed by atoms with Crippen molar-refractivity contribution >= 4 is 45.5 Å². The second-order valence-corrected chi connectivity index (χ2v) is 8.35. The van der Waals surface area contributed by atoms with Crippen LogP contribution in [0.4, 0.5) is 4.39 Å². The molecule has 0 aliphatic carbocycles. The molecule has 0 radical (unpaired) electrons. The van der Waals surface area contributed by atoms with Gasteiger partial charge < -0.3 is 14.2 Å².